The molecule has 1 saturated heterocycles. The second kappa shape index (κ2) is 8.32. The van der Waals surface area contributed by atoms with Gasteiger partial charge in [0.2, 0.25) is 0 Å². The van der Waals surface area contributed by atoms with Crippen LogP contribution in [0.5, 0.6) is 0 Å². The zero-order chi connectivity index (χ0) is 20.5. The lowest BCUT2D eigenvalue weighted by atomic mass is 9.90. The van der Waals surface area contributed by atoms with Crippen LogP contribution in [0.1, 0.15) is 31.4 Å². The normalized spacial score (nSPS) is 23.0. The van der Waals surface area contributed by atoms with Crippen molar-refractivity contribution in [2.75, 3.05) is 31.6 Å². The number of fused-ring (bicyclic) bond motifs is 1. The molecule has 2 aromatic heterocycles. The molecule has 2 aliphatic rings. The summed E-state index contributed by atoms with van der Waals surface area (Å²) in [4.78, 5) is 16.4. The molecule has 3 aromatic rings. The number of morpholine rings is 1. The minimum Gasteiger partial charge on any atom is -0.379 e. The maximum absolute atomic E-state index is 5.51. The van der Waals surface area contributed by atoms with Gasteiger partial charge in [-0.05, 0) is 50.8 Å². The molecule has 0 radical (unpaired) electrons. The van der Waals surface area contributed by atoms with Crippen LogP contribution in [0, 0.1) is 6.92 Å². The third kappa shape index (κ3) is 3.91. The molecule has 7 nitrogen and oxygen atoms in total. The summed E-state index contributed by atoms with van der Waals surface area (Å²) in [6, 6.07) is 7.48. The van der Waals surface area contributed by atoms with E-state index in [9.17, 15) is 0 Å². The molecule has 1 aliphatic heterocycles. The number of imidazole rings is 1. The fraction of sp³-hybridized carbons (Fsp3) is 0.522. The van der Waals surface area contributed by atoms with Crippen molar-refractivity contribution in [1.82, 2.24) is 24.4 Å². The summed E-state index contributed by atoms with van der Waals surface area (Å²) in [5.74, 6) is 1.90. The van der Waals surface area contributed by atoms with Crippen LogP contribution in [0.2, 0.25) is 0 Å². The molecular formula is C23H30N6O. The van der Waals surface area contributed by atoms with Crippen molar-refractivity contribution in [3.63, 3.8) is 0 Å². The quantitative estimate of drug-likeness (QED) is 0.716. The average molecular weight is 407 g/mol. The van der Waals surface area contributed by atoms with Crippen molar-refractivity contribution >= 4 is 16.7 Å². The van der Waals surface area contributed by atoms with Crippen LogP contribution in [0.15, 0.2) is 30.7 Å². The first-order valence-electron chi connectivity index (χ1n) is 11.0. The van der Waals surface area contributed by atoms with Crippen LogP contribution in [-0.2, 0) is 11.8 Å². The van der Waals surface area contributed by atoms with E-state index in [0.29, 0.717) is 12.1 Å². The van der Waals surface area contributed by atoms with E-state index in [1.807, 2.05) is 20.2 Å². The first-order valence-corrected chi connectivity index (χ1v) is 11.0. The molecule has 1 saturated carbocycles. The van der Waals surface area contributed by atoms with Gasteiger partial charge in [-0.1, -0.05) is 0 Å². The Bertz CT molecular complexity index is 1020. The smallest absolute Gasteiger partial charge is 0.139 e. The molecule has 30 heavy (non-hydrogen) atoms. The standard InChI is InChI=1S/C23H30N6O/c1-16-14-28(2)23(26-16)17-3-8-21-20(13-17)22(25-15-24-21)27-18-4-6-19(7-5-18)29-9-11-30-12-10-29/h3,8,13-15,18-19H,4-7,9-12H2,1-2H3,(H,24,25,27). The van der Waals surface area contributed by atoms with Gasteiger partial charge in [0, 0.05) is 49.4 Å². The lowest BCUT2D eigenvalue weighted by Gasteiger charge is -2.39. The number of aromatic nitrogens is 4. The SMILES string of the molecule is Cc1cn(C)c(-c2ccc3ncnc(NC4CCC(N5CCOCC5)CC4)c3c2)n1. The zero-order valence-electron chi connectivity index (χ0n) is 17.8. The van der Waals surface area contributed by atoms with Gasteiger partial charge in [0.05, 0.1) is 24.4 Å². The summed E-state index contributed by atoms with van der Waals surface area (Å²) in [6.45, 7) is 5.93. The van der Waals surface area contributed by atoms with Gasteiger partial charge in [-0.25, -0.2) is 15.0 Å². The molecule has 0 spiro atoms. The Morgan fingerprint density at radius 1 is 1.07 bits per heavy atom. The summed E-state index contributed by atoms with van der Waals surface area (Å²) in [5.41, 5.74) is 3.07. The van der Waals surface area contributed by atoms with E-state index in [0.717, 1.165) is 60.1 Å². The molecule has 0 bridgehead atoms. The number of hydrogen-bond donors (Lipinski definition) is 1. The fourth-order valence-electron chi connectivity index (χ4n) is 4.92. The lowest BCUT2D eigenvalue weighted by Crippen LogP contribution is -2.46. The van der Waals surface area contributed by atoms with Gasteiger partial charge in [-0.15, -0.1) is 0 Å². The van der Waals surface area contributed by atoms with Crippen LogP contribution in [0.25, 0.3) is 22.3 Å². The second-order valence-corrected chi connectivity index (χ2v) is 8.57. The van der Waals surface area contributed by atoms with Crippen molar-refractivity contribution in [2.45, 2.75) is 44.7 Å². The molecule has 158 valence electrons. The molecule has 0 amide bonds. The highest BCUT2D eigenvalue weighted by molar-refractivity contribution is 5.92. The minimum atomic E-state index is 0.458. The van der Waals surface area contributed by atoms with Gasteiger partial charge in [0.1, 0.15) is 18.0 Å². The van der Waals surface area contributed by atoms with E-state index < -0.39 is 0 Å². The van der Waals surface area contributed by atoms with Crippen molar-refractivity contribution in [2.24, 2.45) is 7.05 Å². The lowest BCUT2D eigenvalue weighted by molar-refractivity contribution is 0.00791. The Morgan fingerprint density at radius 3 is 2.60 bits per heavy atom. The molecule has 0 unspecified atom stereocenters. The second-order valence-electron chi connectivity index (χ2n) is 8.57. The first kappa shape index (κ1) is 19.5. The Balaban J connectivity index is 1.33. The summed E-state index contributed by atoms with van der Waals surface area (Å²) < 4.78 is 7.58. The molecule has 0 atom stereocenters. The summed E-state index contributed by atoms with van der Waals surface area (Å²) in [6.07, 6.45) is 8.52. The summed E-state index contributed by atoms with van der Waals surface area (Å²) in [7, 11) is 2.03. The summed E-state index contributed by atoms with van der Waals surface area (Å²) in [5, 5.41) is 4.79. The van der Waals surface area contributed by atoms with Crippen molar-refractivity contribution < 1.29 is 4.74 Å². The molecular weight excluding hydrogens is 376 g/mol. The molecule has 5 rings (SSSR count). The molecule has 7 heteroatoms. The number of nitrogens with one attached hydrogen (secondary N) is 1. The molecule has 1 aliphatic carbocycles. The number of ether oxygens (including phenoxy) is 1. The topological polar surface area (TPSA) is 68.1 Å². The maximum atomic E-state index is 5.51. The number of anilines is 1. The Hall–Kier alpha value is -2.51. The van der Waals surface area contributed by atoms with Crippen LogP contribution in [0.3, 0.4) is 0 Å². The Labute approximate surface area is 177 Å². The van der Waals surface area contributed by atoms with Crippen molar-refractivity contribution in [3.05, 3.63) is 36.4 Å². The predicted molar refractivity (Wildman–Crippen MR) is 119 cm³/mol. The number of benzene rings is 1. The first-order chi connectivity index (χ1) is 14.7. The van der Waals surface area contributed by atoms with Crippen LogP contribution in [0.4, 0.5) is 5.82 Å². The molecule has 1 N–H and O–H groups in total. The number of nitrogens with zero attached hydrogens (tertiary/aromatic N) is 5. The van der Waals surface area contributed by atoms with Gasteiger partial charge in [0.15, 0.2) is 0 Å². The van der Waals surface area contributed by atoms with Crippen molar-refractivity contribution in [1.29, 1.82) is 0 Å². The van der Waals surface area contributed by atoms with Crippen LogP contribution < -0.4 is 5.32 Å². The highest BCUT2D eigenvalue weighted by Gasteiger charge is 2.27. The largest absolute Gasteiger partial charge is 0.379 e. The maximum Gasteiger partial charge on any atom is 0.139 e. The van der Waals surface area contributed by atoms with Gasteiger partial charge in [-0.3, -0.25) is 4.90 Å². The minimum absolute atomic E-state index is 0.458. The van der Waals surface area contributed by atoms with Gasteiger partial charge >= 0.3 is 0 Å². The monoisotopic (exact) mass is 406 g/mol. The number of rotatable bonds is 4. The van der Waals surface area contributed by atoms with Gasteiger partial charge < -0.3 is 14.6 Å². The summed E-state index contributed by atoms with van der Waals surface area (Å²) >= 11 is 0. The van der Waals surface area contributed by atoms with E-state index in [-0.39, 0.29) is 0 Å². The Kier molecular flexibility index (Phi) is 5.39. The van der Waals surface area contributed by atoms with E-state index >= 15 is 0 Å². The van der Waals surface area contributed by atoms with Crippen molar-refractivity contribution in [3.8, 4) is 11.4 Å². The van der Waals surface area contributed by atoms with Crippen LogP contribution in [-0.4, -0.2) is 62.8 Å². The molecule has 2 fully saturated rings. The third-order valence-electron chi connectivity index (χ3n) is 6.49. The van der Waals surface area contributed by atoms with Gasteiger partial charge in [-0.2, -0.15) is 0 Å². The molecule has 3 heterocycles. The highest BCUT2D eigenvalue weighted by Crippen LogP contribution is 2.30. The number of hydrogen-bond acceptors (Lipinski definition) is 6. The third-order valence-corrected chi connectivity index (χ3v) is 6.49. The highest BCUT2D eigenvalue weighted by atomic mass is 16.5. The Morgan fingerprint density at radius 2 is 1.87 bits per heavy atom. The number of aryl methyl sites for hydroxylation is 2. The molecule has 1 aromatic carbocycles. The zero-order valence-corrected chi connectivity index (χ0v) is 17.8. The average Bonchev–Trinajstić information content (AvgIpc) is 3.13. The predicted octanol–water partition coefficient (Wildman–Crippen LogP) is 3.39. The van der Waals surface area contributed by atoms with E-state index in [1.54, 1.807) is 6.33 Å². The fourth-order valence-corrected chi connectivity index (χ4v) is 4.92. The van der Waals surface area contributed by atoms with Crippen LogP contribution >= 0.6 is 0 Å². The van der Waals surface area contributed by atoms with E-state index in [4.69, 9.17) is 4.74 Å². The van der Waals surface area contributed by atoms with E-state index in [2.05, 4.69) is 47.9 Å². The van der Waals surface area contributed by atoms with Gasteiger partial charge in [0.25, 0.3) is 0 Å². The van der Waals surface area contributed by atoms with E-state index in [1.165, 1.54) is 25.7 Å².